The van der Waals surface area contributed by atoms with Crippen molar-refractivity contribution in [2.45, 2.75) is 57.9 Å². The van der Waals surface area contributed by atoms with Crippen LogP contribution in [0, 0.1) is 0 Å². The molecular formula is C18H23ClN2O2. The van der Waals surface area contributed by atoms with Gasteiger partial charge in [0.25, 0.3) is 0 Å². The molecule has 0 aliphatic carbocycles. The Morgan fingerprint density at radius 2 is 1.91 bits per heavy atom. The Balaban J connectivity index is 1.65. The fraction of sp³-hybridized carbons (Fsp3) is 0.500. The molecule has 2 aromatic rings. The molecule has 0 radical (unpaired) electrons. The van der Waals surface area contributed by atoms with Crippen molar-refractivity contribution in [1.29, 1.82) is 0 Å². The van der Waals surface area contributed by atoms with E-state index in [1.807, 2.05) is 24.3 Å². The van der Waals surface area contributed by atoms with E-state index in [0.29, 0.717) is 17.5 Å². The predicted octanol–water partition coefficient (Wildman–Crippen LogP) is 4.43. The summed E-state index contributed by atoms with van der Waals surface area (Å²) in [6.07, 6.45) is 2.71. The van der Waals surface area contributed by atoms with Gasteiger partial charge in [0.05, 0.1) is 23.9 Å². The van der Waals surface area contributed by atoms with Crippen LogP contribution in [0.3, 0.4) is 0 Å². The Hall–Kier alpha value is -1.36. The van der Waals surface area contributed by atoms with Gasteiger partial charge in [0, 0.05) is 16.6 Å². The maximum absolute atomic E-state index is 6.10. The first-order valence-corrected chi connectivity index (χ1v) is 8.27. The second-order valence-corrected chi connectivity index (χ2v) is 7.66. The van der Waals surface area contributed by atoms with Crippen molar-refractivity contribution in [3.63, 3.8) is 0 Å². The minimum Gasteiger partial charge on any atom is -0.439 e. The van der Waals surface area contributed by atoms with Crippen LogP contribution in [-0.4, -0.2) is 22.2 Å². The molecule has 0 spiro atoms. The quantitative estimate of drug-likeness (QED) is 0.898. The number of aromatic nitrogens is 1. The van der Waals surface area contributed by atoms with Crippen LogP contribution in [0.25, 0.3) is 11.3 Å². The van der Waals surface area contributed by atoms with Gasteiger partial charge >= 0.3 is 0 Å². The second kappa shape index (κ2) is 5.93. The Bertz CT molecular complexity index is 677. The van der Waals surface area contributed by atoms with Gasteiger partial charge in [-0.25, -0.2) is 4.98 Å². The molecule has 2 heterocycles. The van der Waals surface area contributed by atoms with Crippen molar-refractivity contribution in [2.75, 3.05) is 0 Å². The van der Waals surface area contributed by atoms with E-state index in [9.17, 15) is 0 Å². The summed E-state index contributed by atoms with van der Waals surface area (Å²) < 4.78 is 11.9. The molecule has 0 unspecified atom stereocenters. The van der Waals surface area contributed by atoms with E-state index in [1.165, 1.54) is 0 Å². The number of rotatable bonds is 4. The third kappa shape index (κ3) is 3.77. The fourth-order valence-electron chi connectivity index (χ4n) is 3.23. The van der Waals surface area contributed by atoms with Gasteiger partial charge in [0.1, 0.15) is 0 Å². The summed E-state index contributed by atoms with van der Waals surface area (Å²) in [5.41, 5.74) is 0.667. The fourth-order valence-corrected chi connectivity index (χ4v) is 3.36. The monoisotopic (exact) mass is 334 g/mol. The smallest absolute Gasteiger partial charge is 0.208 e. The first kappa shape index (κ1) is 16.5. The Kier molecular flexibility index (Phi) is 4.25. The Morgan fingerprint density at radius 1 is 1.22 bits per heavy atom. The van der Waals surface area contributed by atoms with Crippen LogP contribution in [0.2, 0.25) is 5.02 Å². The molecule has 1 fully saturated rings. The molecule has 3 rings (SSSR count). The van der Waals surface area contributed by atoms with E-state index in [1.54, 1.807) is 6.20 Å². The molecule has 0 saturated carbocycles. The van der Waals surface area contributed by atoms with Gasteiger partial charge in [-0.2, -0.15) is 0 Å². The normalized spacial score (nSPS) is 22.4. The average Bonchev–Trinajstić information content (AvgIpc) is 2.99. The minimum absolute atomic E-state index is 0.105. The van der Waals surface area contributed by atoms with E-state index < -0.39 is 0 Å². The molecule has 1 aliphatic rings. The third-order valence-electron chi connectivity index (χ3n) is 4.26. The molecule has 1 saturated heterocycles. The molecule has 1 N–H and O–H groups in total. The van der Waals surface area contributed by atoms with Crippen molar-refractivity contribution < 1.29 is 9.15 Å². The van der Waals surface area contributed by atoms with Crippen LogP contribution in [0.15, 0.2) is 34.9 Å². The molecule has 23 heavy (non-hydrogen) atoms. The molecule has 1 aromatic carbocycles. The van der Waals surface area contributed by atoms with Gasteiger partial charge < -0.3 is 14.5 Å². The van der Waals surface area contributed by atoms with Crippen LogP contribution in [0.4, 0.5) is 0 Å². The third-order valence-corrected chi connectivity index (χ3v) is 4.51. The van der Waals surface area contributed by atoms with Gasteiger partial charge in [-0.15, -0.1) is 0 Å². The van der Waals surface area contributed by atoms with Crippen LogP contribution >= 0.6 is 11.6 Å². The van der Waals surface area contributed by atoms with Crippen LogP contribution < -0.4 is 5.32 Å². The van der Waals surface area contributed by atoms with Gasteiger partial charge in [-0.3, -0.25) is 0 Å². The summed E-state index contributed by atoms with van der Waals surface area (Å²) in [4.78, 5) is 4.36. The molecule has 1 aliphatic heterocycles. The zero-order valence-corrected chi connectivity index (χ0v) is 14.8. The van der Waals surface area contributed by atoms with E-state index in [-0.39, 0.29) is 17.2 Å². The van der Waals surface area contributed by atoms with Gasteiger partial charge in [-0.05, 0) is 58.4 Å². The minimum atomic E-state index is -0.199. The summed E-state index contributed by atoms with van der Waals surface area (Å²) in [6.45, 7) is 9.07. The van der Waals surface area contributed by atoms with Crippen molar-refractivity contribution in [3.8, 4) is 11.3 Å². The molecule has 1 atom stereocenters. The topological polar surface area (TPSA) is 47.3 Å². The van der Waals surface area contributed by atoms with Crippen LogP contribution in [0.5, 0.6) is 0 Å². The molecule has 5 heteroatoms. The SMILES string of the molecule is CC1(C)C[C@H](NCc2ncc(-c3ccc(Cl)cc3)o2)C(C)(C)O1. The lowest BCUT2D eigenvalue weighted by atomic mass is 9.94. The second-order valence-electron chi connectivity index (χ2n) is 7.23. The summed E-state index contributed by atoms with van der Waals surface area (Å²) in [6, 6.07) is 7.81. The van der Waals surface area contributed by atoms with Gasteiger partial charge in [0.2, 0.25) is 5.89 Å². The standard InChI is InChI=1S/C18H23ClN2O2/c1-17(2)9-15(18(3,4)23-17)20-11-16-21-10-14(22-16)12-5-7-13(19)8-6-12/h5-8,10,15,20H,9,11H2,1-4H3/t15-/m0/s1. The highest BCUT2D eigenvalue weighted by Gasteiger charge is 2.45. The number of nitrogens with one attached hydrogen (secondary N) is 1. The zero-order chi connectivity index (χ0) is 16.7. The Morgan fingerprint density at radius 3 is 2.52 bits per heavy atom. The summed E-state index contributed by atoms with van der Waals surface area (Å²) in [7, 11) is 0. The zero-order valence-electron chi connectivity index (χ0n) is 14.0. The summed E-state index contributed by atoms with van der Waals surface area (Å²) in [5.74, 6) is 1.43. The number of nitrogens with zero attached hydrogens (tertiary/aromatic N) is 1. The molecule has 4 nitrogen and oxygen atoms in total. The molecule has 124 valence electrons. The van der Waals surface area contributed by atoms with Crippen molar-refractivity contribution in [2.24, 2.45) is 0 Å². The largest absolute Gasteiger partial charge is 0.439 e. The summed E-state index contributed by atoms with van der Waals surface area (Å²) >= 11 is 5.91. The predicted molar refractivity (Wildman–Crippen MR) is 91.4 cm³/mol. The Labute approximate surface area is 142 Å². The maximum atomic E-state index is 6.10. The van der Waals surface area contributed by atoms with Gasteiger partial charge in [0.15, 0.2) is 5.76 Å². The molecule has 0 bridgehead atoms. The number of benzene rings is 1. The lowest BCUT2D eigenvalue weighted by Gasteiger charge is -2.27. The number of halogens is 1. The number of oxazole rings is 1. The highest BCUT2D eigenvalue weighted by molar-refractivity contribution is 6.30. The maximum Gasteiger partial charge on any atom is 0.208 e. The van der Waals surface area contributed by atoms with E-state index in [4.69, 9.17) is 20.8 Å². The highest BCUT2D eigenvalue weighted by Crippen LogP contribution is 2.37. The number of hydrogen-bond donors (Lipinski definition) is 1. The van der Waals surface area contributed by atoms with Crippen molar-refractivity contribution in [1.82, 2.24) is 10.3 Å². The lowest BCUT2D eigenvalue weighted by Crippen LogP contribution is -2.42. The molecule has 0 amide bonds. The first-order chi connectivity index (χ1) is 10.8. The van der Waals surface area contributed by atoms with Crippen LogP contribution in [-0.2, 0) is 11.3 Å². The van der Waals surface area contributed by atoms with Gasteiger partial charge in [-0.1, -0.05) is 11.6 Å². The first-order valence-electron chi connectivity index (χ1n) is 7.89. The average molecular weight is 335 g/mol. The van der Waals surface area contributed by atoms with Crippen molar-refractivity contribution in [3.05, 3.63) is 41.4 Å². The highest BCUT2D eigenvalue weighted by atomic mass is 35.5. The van der Waals surface area contributed by atoms with E-state index in [0.717, 1.165) is 17.7 Å². The van der Waals surface area contributed by atoms with Crippen LogP contribution in [0.1, 0.15) is 40.0 Å². The summed E-state index contributed by atoms with van der Waals surface area (Å²) in [5, 5.41) is 4.22. The molecule has 1 aromatic heterocycles. The molecular weight excluding hydrogens is 312 g/mol. The van der Waals surface area contributed by atoms with E-state index >= 15 is 0 Å². The van der Waals surface area contributed by atoms with E-state index in [2.05, 4.69) is 38.0 Å². The lowest BCUT2D eigenvalue weighted by molar-refractivity contribution is -0.0699. The number of hydrogen-bond acceptors (Lipinski definition) is 4. The number of ether oxygens (including phenoxy) is 1. The van der Waals surface area contributed by atoms with Crippen molar-refractivity contribution >= 4 is 11.6 Å².